The molecule has 5 nitrogen and oxygen atoms in total. The maximum Gasteiger partial charge on any atom is 0.163 e. The highest BCUT2D eigenvalue weighted by Crippen LogP contribution is 2.27. The molecule has 0 aliphatic carbocycles. The Labute approximate surface area is 145 Å². The molecule has 0 radical (unpaired) electrons. The van der Waals surface area contributed by atoms with Gasteiger partial charge in [-0.15, -0.1) is 0 Å². The summed E-state index contributed by atoms with van der Waals surface area (Å²) in [6.07, 6.45) is 3.56. The fraction of sp³-hybridized carbons (Fsp3) is 0.526. The van der Waals surface area contributed by atoms with E-state index in [9.17, 15) is 0 Å². The number of hydrogen-bond donors (Lipinski definition) is 1. The van der Waals surface area contributed by atoms with E-state index in [-0.39, 0.29) is 11.5 Å². The average Bonchev–Trinajstić information content (AvgIpc) is 2.51. The molecule has 0 aliphatic rings. The zero-order valence-electron chi connectivity index (χ0n) is 15.9. The minimum absolute atomic E-state index is 0.114. The third-order valence-corrected chi connectivity index (χ3v) is 4.56. The monoisotopic (exact) mass is 327 g/mol. The molecular weight excluding hydrogens is 298 g/mol. The quantitative estimate of drug-likeness (QED) is 0.879. The maximum absolute atomic E-state index is 4.76. The minimum Gasteiger partial charge on any atom is -0.367 e. The van der Waals surface area contributed by atoms with Crippen LogP contribution >= 0.6 is 0 Å². The topological polar surface area (TPSA) is 53.9 Å². The summed E-state index contributed by atoms with van der Waals surface area (Å²) in [7, 11) is 4.21. The highest BCUT2D eigenvalue weighted by molar-refractivity contribution is 5.58. The lowest BCUT2D eigenvalue weighted by atomic mass is 9.85. The van der Waals surface area contributed by atoms with Crippen LogP contribution < -0.4 is 5.32 Å². The first-order valence-electron chi connectivity index (χ1n) is 8.37. The fourth-order valence-corrected chi connectivity index (χ4v) is 2.75. The number of nitrogens with zero attached hydrogens (tertiary/aromatic N) is 4. The summed E-state index contributed by atoms with van der Waals surface area (Å²) in [5.41, 5.74) is 3.13. The van der Waals surface area contributed by atoms with E-state index < -0.39 is 0 Å². The highest BCUT2D eigenvalue weighted by atomic mass is 15.1. The van der Waals surface area contributed by atoms with E-state index in [4.69, 9.17) is 4.98 Å². The Morgan fingerprint density at radius 3 is 2.50 bits per heavy atom. The Hall–Kier alpha value is -2.01. The molecule has 2 aromatic heterocycles. The van der Waals surface area contributed by atoms with Crippen LogP contribution in [0, 0.1) is 19.3 Å². The first-order chi connectivity index (χ1) is 11.2. The van der Waals surface area contributed by atoms with Crippen LogP contribution in [0.15, 0.2) is 24.5 Å². The van der Waals surface area contributed by atoms with Crippen LogP contribution in [-0.4, -0.2) is 46.5 Å². The second kappa shape index (κ2) is 7.26. The van der Waals surface area contributed by atoms with Crippen LogP contribution in [0.5, 0.6) is 0 Å². The van der Waals surface area contributed by atoms with E-state index in [1.807, 2.05) is 19.1 Å². The van der Waals surface area contributed by atoms with Crippen LogP contribution in [0.2, 0.25) is 0 Å². The summed E-state index contributed by atoms with van der Waals surface area (Å²) in [5, 5.41) is 3.61. The van der Waals surface area contributed by atoms with Crippen molar-refractivity contribution in [1.82, 2.24) is 19.9 Å². The summed E-state index contributed by atoms with van der Waals surface area (Å²) in [5.74, 6) is 1.62. The number of anilines is 1. The van der Waals surface area contributed by atoms with Gasteiger partial charge in [0, 0.05) is 41.8 Å². The number of hydrogen-bond acceptors (Lipinski definition) is 5. The second-order valence-electron chi connectivity index (χ2n) is 7.44. The van der Waals surface area contributed by atoms with Crippen molar-refractivity contribution in [2.45, 2.75) is 40.7 Å². The van der Waals surface area contributed by atoms with Crippen LogP contribution in [0.1, 0.15) is 32.0 Å². The number of aryl methyl sites for hydroxylation is 1. The van der Waals surface area contributed by atoms with Gasteiger partial charge < -0.3 is 10.2 Å². The predicted molar refractivity (Wildman–Crippen MR) is 100 cm³/mol. The highest BCUT2D eigenvalue weighted by Gasteiger charge is 2.27. The molecule has 0 spiro atoms. The molecule has 0 saturated heterocycles. The molecular formula is C19H29N5. The lowest BCUT2D eigenvalue weighted by Gasteiger charge is -2.35. The molecule has 0 aromatic carbocycles. The first kappa shape index (κ1) is 18.3. The first-order valence-corrected chi connectivity index (χ1v) is 8.37. The van der Waals surface area contributed by atoms with Crippen molar-refractivity contribution in [3.05, 3.63) is 35.8 Å². The number of rotatable bonds is 6. The fourth-order valence-electron chi connectivity index (χ4n) is 2.75. The third-order valence-electron chi connectivity index (χ3n) is 4.56. The van der Waals surface area contributed by atoms with Crippen molar-refractivity contribution in [1.29, 1.82) is 0 Å². The molecule has 2 aromatic rings. The van der Waals surface area contributed by atoms with Gasteiger partial charge in [0.2, 0.25) is 0 Å². The van der Waals surface area contributed by atoms with Crippen molar-refractivity contribution < 1.29 is 0 Å². The van der Waals surface area contributed by atoms with E-state index in [1.54, 1.807) is 12.4 Å². The van der Waals surface area contributed by atoms with Gasteiger partial charge in [0.1, 0.15) is 5.82 Å². The molecule has 0 amide bonds. The summed E-state index contributed by atoms with van der Waals surface area (Å²) in [6.45, 7) is 11.9. The molecule has 130 valence electrons. The van der Waals surface area contributed by atoms with Crippen LogP contribution in [0.3, 0.4) is 0 Å². The molecule has 1 atom stereocenters. The molecule has 24 heavy (non-hydrogen) atoms. The van der Waals surface area contributed by atoms with E-state index in [0.29, 0.717) is 5.82 Å². The van der Waals surface area contributed by atoms with Crippen LogP contribution in [-0.2, 0) is 0 Å². The van der Waals surface area contributed by atoms with Gasteiger partial charge in [-0.1, -0.05) is 13.8 Å². The number of nitrogens with one attached hydrogen (secondary N) is 1. The molecule has 2 rings (SSSR count). The minimum atomic E-state index is 0.114. The van der Waals surface area contributed by atoms with Gasteiger partial charge in [-0.05, 0) is 52.4 Å². The van der Waals surface area contributed by atoms with Gasteiger partial charge in [0.05, 0.1) is 0 Å². The molecule has 0 bridgehead atoms. The third kappa shape index (κ3) is 4.29. The second-order valence-corrected chi connectivity index (χ2v) is 7.44. The average molecular weight is 327 g/mol. The molecule has 0 fully saturated rings. The molecule has 0 aliphatic heterocycles. The van der Waals surface area contributed by atoms with Crippen molar-refractivity contribution in [2.75, 3.05) is 26.0 Å². The van der Waals surface area contributed by atoms with Crippen LogP contribution in [0.25, 0.3) is 11.4 Å². The van der Waals surface area contributed by atoms with E-state index in [0.717, 1.165) is 29.2 Å². The SMILES string of the molecule is Cc1nc(-c2cccnc2)nc(NC(C)C(C)(C)CN(C)C)c1C. The lowest BCUT2D eigenvalue weighted by Crippen LogP contribution is -2.41. The number of pyridine rings is 1. The van der Waals surface area contributed by atoms with Crippen molar-refractivity contribution in [2.24, 2.45) is 5.41 Å². The van der Waals surface area contributed by atoms with Crippen LogP contribution in [0.4, 0.5) is 5.82 Å². The van der Waals surface area contributed by atoms with Gasteiger partial charge >= 0.3 is 0 Å². The Kier molecular flexibility index (Phi) is 5.54. The van der Waals surface area contributed by atoms with E-state index in [2.05, 4.69) is 62.0 Å². The smallest absolute Gasteiger partial charge is 0.163 e. The maximum atomic E-state index is 4.76. The predicted octanol–water partition coefficient (Wildman–Crippen LogP) is 3.54. The van der Waals surface area contributed by atoms with Gasteiger partial charge in [-0.25, -0.2) is 9.97 Å². The normalized spacial score (nSPS) is 13.2. The van der Waals surface area contributed by atoms with Crippen molar-refractivity contribution >= 4 is 5.82 Å². The van der Waals surface area contributed by atoms with Gasteiger partial charge in [0.25, 0.3) is 0 Å². The lowest BCUT2D eigenvalue weighted by molar-refractivity contribution is 0.217. The Bertz CT molecular complexity index is 680. The molecule has 5 heteroatoms. The van der Waals surface area contributed by atoms with Gasteiger partial charge in [0.15, 0.2) is 5.82 Å². The summed E-state index contributed by atoms with van der Waals surface area (Å²) < 4.78 is 0. The largest absolute Gasteiger partial charge is 0.367 e. The standard InChI is InChI=1S/C19H29N5/c1-13-14(2)21-18(16-9-8-10-20-11-16)23-17(13)22-15(3)19(4,5)12-24(6)7/h8-11,15H,12H2,1-7H3,(H,21,22,23). The molecule has 2 heterocycles. The van der Waals surface area contributed by atoms with Crippen molar-refractivity contribution in [3.63, 3.8) is 0 Å². The number of aromatic nitrogens is 3. The Morgan fingerprint density at radius 1 is 1.21 bits per heavy atom. The summed E-state index contributed by atoms with van der Waals surface area (Å²) in [6, 6.07) is 4.17. The Balaban J connectivity index is 2.32. The Morgan fingerprint density at radius 2 is 1.92 bits per heavy atom. The molecule has 1 unspecified atom stereocenters. The zero-order chi connectivity index (χ0) is 17.9. The summed E-state index contributed by atoms with van der Waals surface area (Å²) in [4.78, 5) is 15.8. The van der Waals surface area contributed by atoms with E-state index in [1.165, 1.54) is 0 Å². The van der Waals surface area contributed by atoms with E-state index >= 15 is 0 Å². The van der Waals surface area contributed by atoms with Gasteiger partial charge in [-0.3, -0.25) is 4.98 Å². The zero-order valence-corrected chi connectivity index (χ0v) is 15.9. The summed E-state index contributed by atoms with van der Waals surface area (Å²) >= 11 is 0. The molecule has 1 N–H and O–H groups in total. The van der Waals surface area contributed by atoms with Gasteiger partial charge in [-0.2, -0.15) is 0 Å². The molecule has 0 saturated carbocycles. The van der Waals surface area contributed by atoms with Crippen molar-refractivity contribution in [3.8, 4) is 11.4 Å².